The SMILES string of the molecule is Cc1occc1CNC(=O)NCc1ccc(Cl)cc1. The number of urea groups is 1. The van der Waals surface area contributed by atoms with Crippen molar-refractivity contribution in [2.45, 2.75) is 20.0 Å². The number of hydrogen-bond donors (Lipinski definition) is 2. The fourth-order valence-corrected chi connectivity index (χ4v) is 1.74. The van der Waals surface area contributed by atoms with Crippen LogP contribution in [0, 0.1) is 6.92 Å². The third-order valence-corrected chi connectivity index (χ3v) is 3.02. The van der Waals surface area contributed by atoms with E-state index in [2.05, 4.69) is 10.6 Å². The van der Waals surface area contributed by atoms with E-state index in [1.165, 1.54) is 0 Å². The summed E-state index contributed by atoms with van der Waals surface area (Å²) in [5, 5.41) is 6.23. The highest BCUT2D eigenvalue weighted by Gasteiger charge is 2.04. The van der Waals surface area contributed by atoms with Crippen molar-refractivity contribution >= 4 is 17.6 Å². The number of rotatable bonds is 4. The van der Waals surface area contributed by atoms with Gasteiger partial charge in [-0.15, -0.1) is 0 Å². The highest BCUT2D eigenvalue weighted by Crippen LogP contribution is 2.09. The van der Waals surface area contributed by atoms with Gasteiger partial charge in [-0.25, -0.2) is 4.79 Å². The molecule has 0 unspecified atom stereocenters. The van der Waals surface area contributed by atoms with Crippen LogP contribution < -0.4 is 10.6 Å². The van der Waals surface area contributed by atoms with Gasteiger partial charge in [0.15, 0.2) is 0 Å². The lowest BCUT2D eigenvalue weighted by Crippen LogP contribution is -2.34. The number of carbonyl (C=O) groups is 1. The average molecular weight is 279 g/mol. The smallest absolute Gasteiger partial charge is 0.315 e. The first kappa shape index (κ1) is 13.5. The number of furan rings is 1. The van der Waals surface area contributed by atoms with Gasteiger partial charge < -0.3 is 15.1 Å². The van der Waals surface area contributed by atoms with Crippen LogP contribution in [0.15, 0.2) is 41.0 Å². The molecule has 0 saturated carbocycles. The second-order valence-corrected chi connectivity index (χ2v) is 4.60. The second-order valence-electron chi connectivity index (χ2n) is 4.16. The molecule has 0 bridgehead atoms. The van der Waals surface area contributed by atoms with Crippen molar-refractivity contribution in [1.82, 2.24) is 10.6 Å². The molecular formula is C14H15ClN2O2. The predicted molar refractivity (Wildman–Crippen MR) is 74.0 cm³/mol. The van der Waals surface area contributed by atoms with Gasteiger partial charge in [0.1, 0.15) is 5.76 Å². The van der Waals surface area contributed by atoms with Gasteiger partial charge in [0, 0.05) is 23.7 Å². The highest BCUT2D eigenvalue weighted by molar-refractivity contribution is 6.30. The standard InChI is InChI=1S/C14H15ClN2O2/c1-10-12(6-7-19-10)9-17-14(18)16-8-11-2-4-13(15)5-3-11/h2-7H,8-9H2,1H3,(H2,16,17,18). The number of carbonyl (C=O) groups excluding carboxylic acids is 1. The van der Waals surface area contributed by atoms with Crippen molar-refractivity contribution in [2.75, 3.05) is 0 Å². The van der Waals surface area contributed by atoms with Gasteiger partial charge in [-0.05, 0) is 30.7 Å². The summed E-state index contributed by atoms with van der Waals surface area (Å²) >= 11 is 5.79. The van der Waals surface area contributed by atoms with Crippen LogP contribution in [0.5, 0.6) is 0 Å². The maximum absolute atomic E-state index is 11.6. The third kappa shape index (κ3) is 4.03. The first-order valence-electron chi connectivity index (χ1n) is 5.94. The molecular weight excluding hydrogens is 264 g/mol. The fourth-order valence-electron chi connectivity index (χ4n) is 1.62. The van der Waals surface area contributed by atoms with Crippen molar-refractivity contribution < 1.29 is 9.21 Å². The van der Waals surface area contributed by atoms with E-state index in [0.717, 1.165) is 16.9 Å². The summed E-state index contributed by atoms with van der Waals surface area (Å²) in [7, 11) is 0. The zero-order chi connectivity index (χ0) is 13.7. The molecule has 2 N–H and O–H groups in total. The molecule has 0 radical (unpaired) electrons. The number of amides is 2. The minimum atomic E-state index is -0.212. The van der Waals surface area contributed by atoms with Crippen LogP contribution >= 0.6 is 11.6 Å². The van der Waals surface area contributed by atoms with Crippen LogP contribution in [0.3, 0.4) is 0 Å². The number of hydrogen-bond acceptors (Lipinski definition) is 2. The molecule has 4 nitrogen and oxygen atoms in total. The molecule has 0 aliphatic carbocycles. The molecule has 1 aromatic heterocycles. The van der Waals surface area contributed by atoms with Gasteiger partial charge in [0.05, 0.1) is 6.26 Å². The molecule has 2 amide bonds. The third-order valence-electron chi connectivity index (χ3n) is 2.77. The molecule has 0 saturated heterocycles. The summed E-state index contributed by atoms with van der Waals surface area (Å²) in [6.07, 6.45) is 1.61. The molecule has 2 rings (SSSR count). The van der Waals surface area contributed by atoms with Gasteiger partial charge in [0.2, 0.25) is 0 Å². The van der Waals surface area contributed by atoms with Gasteiger partial charge in [-0.3, -0.25) is 0 Å². The summed E-state index contributed by atoms with van der Waals surface area (Å²) < 4.78 is 5.15. The molecule has 19 heavy (non-hydrogen) atoms. The first-order valence-corrected chi connectivity index (χ1v) is 6.32. The van der Waals surface area contributed by atoms with Gasteiger partial charge in [-0.1, -0.05) is 23.7 Å². The number of benzene rings is 1. The van der Waals surface area contributed by atoms with Crippen LogP contribution in [0.1, 0.15) is 16.9 Å². The Labute approximate surface area is 116 Å². The molecule has 1 aromatic carbocycles. The zero-order valence-corrected chi connectivity index (χ0v) is 11.3. The molecule has 0 spiro atoms. The summed E-state index contributed by atoms with van der Waals surface area (Å²) in [6, 6.07) is 8.98. The molecule has 0 atom stereocenters. The van der Waals surface area contributed by atoms with E-state index in [9.17, 15) is 4.79 Å². The van der Waals surface area contributed by atoms with Gasteiger partial charge in [-0.2, -0.15) is 0 Å². The summed E-state index contributed by atoms with van der Waals surface area (Å²) in [4.78, 5) is 11.6. The second kappa shape index (κ2) is 6.29. The molecule has 1 heterocycles. The lowest BCUT2D eigenvalue weighted by Gasteiger charge is -2.07. The average Bonchev–Trinajstić information content (AvgIpc) is 2.81. The first-order chi connectivity index (χ1) is 9.15. The van der Waals surface area contributed by atoms with E-state index < -0.39 is 0 Å². The van der Waals surface area contributed by atoms with E-state index in [0.29, 0.717) is 18.1 Å². The van der Waals surface area contributed by atoms with E-state index in [-0.39, 0.29) is 6.03 Å². The number of nitrogens with one attached hydrogen (secondary N) is 2. The van der Waals surface area contributed by atoms with Crippen LogP contribution in [0.4, 0.5) is 4.79 Å². The van der Waals surface area contributed by atoms with E-state index in [4.69, 9.17) is 16.0 Å². The predicted octanol–water partition coefficient (Wildman–Crippen LogP) is 3.24. The zero-order valence-electron chi connectivity index (χ0n) is 10.6. The van der Waals surface area contributed by atoms with Crippen LogP contribution in [0.25, 0.3) is 0 Å². The number of halogens is 1. The minimum absolute atomic E-state index is 0.212. The topological polar surface area (TPSA) is 54.3 Å². The molecule has 5 heteroatoms. The Balaban J connectivity index is 1.76. The van der Waals surface area contributed by atoms with Crippen LogP contribution in [0.2, 0.25) is 5.02 Å². The van der Waals surface area contributed by atoms with Crippen molar-refractivity contribution in [1.29, 1.82) is 0 Å². The van der Waals surface area contributed by atoms with Crippen LogP contribution in [-0.2, 0) is 13.1 Å². The van der Waals surface area contributed by atoms with Gasteiger partial charge in [0.25, 0.3) is 0 Å². The lowest BCUT2D eigenvalue weighted by atomic mass is 10.2. The van der Waals surface area contributed by atoms with E-state index in [1.807, 2.05) is 25.1 Å². The minimum Gasteiger partial charge on any atom is -0.469 e. The Morgan fingerprint density at radius 2 is 1.84 bits per heavy atom. The lowest BCUT2D eigenvalue weighted by molar-refractivity contribution is 0.240. The highest BCUT2D eigenvalue weighted by atomic mass is 35.5. The normalized spacial score (nSPS) is 10.2. The number of aryl methyl sites for hydroxylation is 1. The molecule has 100 valence electrons. The van der Waals surface area contributed by atoms with Crippen molar-refractivity contribution in [2.24, 2.45) is 0 Å². The van der Waals surface area contributed by atoms with Crippen molar-refractivity contribution in [3.8, 4) is 0 Å². The van der Waals surface area contributed by atoms with E-state index >= 15 is 0 Å². The maximum atomic E-state index is 11.6. The summed E-state index contributed by atoms with van der Waals surface area (Å²) in [5.41, 5.74) is 1.97. The quantitative estimate of drug-likeness (QED) is 0.902. The molecule has 0 aliphatic heterocycles. The molecule has 0 fully saturated rings. The molecule has 2 aromatic rings. The van der Waals surface area contributed by atoms with Crippen molar-refractivity contribution in [3.63, 3.8) is 0 Å². The monoisotopic (exact) mass is 278 g/mol. The van der Waals surface area contributed by atoms with Gasteiger partial charge >= 0.3 is 6.03 Å². The Kier molecular flexibility index (Phi) is 4.47. The van der Waals surface area contributed by atoms with E-state index in [1.54, 1.807) is 18.4 Å². The largest absolute Gasteiger partial charge is 0.469 e. The van der Waals surface area contributed by atoms with Crippen LogP contribution in [-0.4, -0.2) is 6.03 Å². The Hall–Kier alpha value is -1.94. The van der Waals surface area contributed by atoms with Crippen molar-refractivity contribution in [3.05, 3.63) is 58.5 Å². The Morgan fingerprint density at radius 3 is 2.47 bits per heavy atom. The summed E-state index contributed by atoms with van der Waals surface area (Å²) in [5.74, 6) is 0.818. The Morgan fingerprint density at radius 1 is 1.16 bits per heavy atom. The molecule has 0 aliphatic rings. The Bertz CT molecular complexity index is 549. The fraction of sp³-hybridized carbons (Fsp3) is 0.214. The maximum Gasteiger partial charge on any atom is 0.315 e. The summed E-state index contributed by atoms with van der Waals surface area (Å²) in [6.45, 7) is 2.78.